The van der Waals surface area contributed by atoms with Gasteiger partial charge in [0.15, 0.2) is 0 Å². The molecule has 0 radical (unpaired) electrons. The fourth-order valence-corrected chi connectivity index (χ4v) is 4.64. The van der Waals surface area contributed by atoms with Crippen molar-refractivity contribution in [2.45, 2.75) is 44.1 Å². The Morgan fingerprint density at radius 3 is 2.74 bits per heavy atom. The third kappa shape index (κ3) is 2.56. The third-order valence-corrected chi connectivity index (χ3v) is 6.05. The Kier molecular flexibility index (Phi) is 3.39. The van der Waals surface area contributed by atoms with Gasteiger partial charge in [0.25, 0.3) is 0 Å². The lowest BCUT2D eigenvalue weighted by molar-refractivity contribution is 0.238. The summed E-state index contributed by atoms with van der Waals surface area (Å²) in [6.07, 6.45) is 5.50. The van der Waals surface area contributed by atoms with Crippen LogP contribution in [0, 0.1) is 0 Å². The van der Waals surface area contributed by atoms with E-state index in [1.165, 1.54) is 0 Å². The van der Waals surface area contributed by atoms with Crippen molar-refractivity contribution in [2.24, 2.45) is 0 Å². The number of aliphatic hydroxyl groups is 1. The first-order chi connectivity index (χ1) is 9.09. The number of sulfone groups is 1. The smallest absolute Gasteiger partial charge is 0.150 e. The molecule has 0 amide bonds. The minimum absolute atomic E-state index is 0.148. The summed E-state index contributed by atoms with van der Waals surface area (Å²) in [5.41, 5.74) is 1.02. The van der Waals surface area contributed by atoms with E-state index in [9.17, 15) is 13.5 Å². The Bertz CT molecular complexity index is 550. The molecule has 1 saturated heterocycles. The predicted molar refractivity (Wildman–Crippen MR) is 71.9 cm³/mol. The van der Waals surface area contributed by atoms with Crippen molar-refractivity contribution in [2.75, 3.05) is 18.1 Å². The summed E-state index contributed by atoms with van der Waals surface area (Å²) in [6.45, 7) is 1.11. The summed E-state index contributed by atoms with van der Waals surface area (Å²) in [7, 11) is -2.82. The highest BCUT2D eigenvalue weighted by Crippen LogP contribution is 2.32. The molecule has 1 fully saturated rings. The summed E-state index contributed by atoms with van der Waals surface area (Å²) in [5.74, 6) is 1.96. The van der Waals surface area contributed by atoms with Gasteiger partial charge in [0, 0.05) is 24.6 Å². The molecule has 1 atom stereocenters. The van der Waals surface area contributed by atoms with E-state index in [0.29, 0.717) is 12.8 Å². The van der Waals surface area contributed by atoms with Gasteiger partial charge < -0.3 is 9.67 Å². The summed E-state index contributed by atoms with van der Waals surface area (Å²) >= 11 is 0. The molecule has 1 aromatic rings. The molecular weight excluding hydrogens is 264 g/mol. The van der Waals surface area contributed by atoms with Crippen LogP contribution in [0.25, 0.3) is 0 Å². The zero-order valence-electron chi connectivity index (χ0n) is 11.0. The van der Waals surface area contributed by atoms with E-state index in [2.05, 4.69) is 15.7 Å². The molecule has 1 unspecified atom stereocenters. The fourth-order valence-electron chi connectivity index (χ4n) is 3.15. The van der Waals surface area contributed by atoms with E-state index in [1.807, 2.05) is 0 Å². The molecule has 1 aromatic heterocycles. The number of aryl methyl sites for hydroxylation is 1. The molecule has 5 nitrogen and oxygen atoms in total. The molecular formula is C13H20N2O3S. The maximum atomic E-state index is 11.5. The van der Waals surface area contributed by atoms with Crippen LogP contribution in [0.5, 0.6) is 0 Å². The number of imidazole rings is 1. The first-order valence-electron chi connectivity index (χ1n) is 6.97. The zero-order valence-corrected chi connectivity index (χ0v) is 11.8. The molecule has 3 rings (SSSR count). The highest BCUT2D eigenvalue weighted by atomic mass is 32.2. The number of hydrogen-bond acceptors (Lipinski definition) is 4. The molecule has 0 bridgehead atoms. The van der Waals surface area contributed by atoms with Gasteiger partial charge in [0.2, 0.25) is 0 Å². The van der Waals surface area contributed by atoms with Crippen molar-refractivity contribution in [3.05, 3.63) is 17.7 Å². The van der Waals surface area contributed by atoms with E-state index >= 15 is 0 Å². The standard InChI is InChI=1S/C13H20N2O3S/c16-9-11-2-1-5-15-8-12(14-13(11)15)10-3-6-19(17,18)7-4-10/h8,10-11,16H,1-7,9H2. The average molecular weight is 284 g/mol. The van der Waals surface area contributed by atoms with E-state index < -0.39 is 9.84 Å². The Morgan fingerprint density at radius 2 is 2.05 bits per heavy atom. The van der Waals surface area contributed by atoms with Gasteiger partial charge in [-0.15, -0.1) is 0 Å². The van der Waals surface area contributed by atoms with Gasteiger partial charge in [-0.1, -0.05) is 0 Å². The van der Waals surface area contributed by atoms with Crippen LogP contribution >= 0.6 is 0 Å². The van der Waals surface area contributed by atoms with Crippen LogP contribution in [0.15, 0.2) is 6.20 Å². The number of aliphatic hydroxyl groups excluding tert-OH is 1. The first-order valence-corrected chi connectivity index (χ1v) is 8.79. The SMILES string of the molecule is O=S1(=O)CCC(c2cn3c(n2)C(CO)CCC3)CC1. The van der Waals surface area contributed by atoms with Gasteiger partial charge in [-0.2, -0.15) is 0 Å². The number of rotatable bonds is 2. The number of aromatic nitrogens is 2. The van der Waals surface area contributed by atoms with Crippen molar-refractivity contribution < 1.29 is 13.5 Å². The molecule has 106 valence electrons. The van der Waals surface area contributed by atoms with Crippen LogP contribution < -0.4 is 0 Å². The minimum Gasteiger partial charge on any atom is -0.396 e. The highest BCUT2D eigenvalue weighted by molar-refractivity contribution is 7.91. The van der Waals surface area contributed by atoms with Crippen molar-refractivity contribution >= 4 is 9.84 Å². The van der Waals surface area contributed by atoms with Crippen molar-refractivity contribution in [3.63, 3.8) is 0 Å². The van der Waals surface area contributed by atoms with Gasteiger partial charge in [-0.25, -0.2) is 13.4 Å². The minimum atomic E-state index is -2.82. The molecule has 2 aliphatic heterocycles. The van der Waals surface area contributed by atoms with Gasteiger partial charge in [-0.3, -0.25) is 0 Å². The normalized spacial score (nSPS) is 27.1. The molecule has 3 heterocycles. The van der Waals surface area contributed by atoms with Crippen molar-refractivity contribution in [1.29, 1.82) is 0 Å². The molecule has 6 heteroatoms. The average Bonchev–Trinajstić information content (AvgIpc) is 2.82. The lowest BCUT2D eigenvalue weighted by Crippen LogP contribution is -2.22. The van der Waals surface area contributed by atoms with Crippen molar-refractivity contribution in [1.82, 2.24) is 9.55 Å². The molecule has 0 spiro atoms. The van der Waals surface area contributed by atoms with E-state index in [-0.39, 0.29) is 29.9 Å². The maximum absolute atomic E-state index is 11.5. The molecule has 1 N–H and O–H groups in total. The molecule has 0 aliphatic carbocycles. The van der Waals surface area contributed by atoms with Crippen LogP contribution in [-0.2, 0) is 16.4 Å². The lowest BCUT2D eigenvalue weighted by atomic mass is 9.99. The summed E-state index contributed by atoms with van der Waals surface area (Å²) < 4.78 is 25.1. The Morgan fingerprint density at radius 1 is 1.32 bits per heavy atom. The Hall–Kier alpha value is -0.880. The topological polar surface area (TPSA) is 72.2 Å². The summed E-state index contributed by atoms with van der Waals surface area (Å²) in [4.78, 5) is 4.68. The van der Waals surface area contributed by atoms with Gasteiger partial charge in [0.1, 0.15) is 15.7 Å². The maximum Gasteiger partial charge on any atom is 0.150 e. The summed E-state index contributed by atoms with van der Waals surface area (Å²) in [5, 5.41) is 9.39. The summed E-state index contributed by atoms with van der Waals surface area (Å²) in [6, 6.07) is 0. The monoisotopic (exact) mass is 284 g/mol. The van der Waals surface area contributed by atoms with E-state index in [1.54, 1.807) is 0 Å². The van der Waals surface area contributed by atoms with E-state index in [4.69, 9.17) is 0 Å². The van der Waals surface area contributed by atoms with Crippen molar-refractivity contribution in [3.8, 4) is 0 Å². The number of fused-ring (bicyclic) bond motifs is 1. The van der Waals surface area contributed by atoms with Crippen LogP contribution in [0.4, 0.5) is 0 Å². The second-order valence-electron chi connectivity index (χ2n) is 5.67. The molecule has 19 heavy (non-hydrogen) atoms. The van der Waals surface area contributed by atoms with Gasteiger partial charge in [0.05, 0.1) is 23.8 Å². The third-order valence-electron chi connectivity index (χ3n) is 4.34. The predicted octanol–water partition coefficient (Wildman–Crippen LogP) is 1.05. The Labute approximate surface area is 113 Å². The first kappa shape index (κ1) is 13.1. The largest absolute Gasteiger partial charge is 0.396 e. The second-order valence-corrected chi connectivity index (χ2v) is 7.97. The molecule has 2 aliphatic rings. The zero-order chi connectivity index (χ0) is 13.5. The number of nitrogens with zero attached hydrogens (tertiary/aromatic N) is 2. The quantitative estimate of drug-likeness (QED) is 0.881. The molecule has 0 aromatic carbocycles. The second kappa shape index (κ2) is 4.90. The lowest BCUT2D eigenvalue weighted by Gasteiger charge is -2.21. The highest BCUT2D eigenvalue weighted by Gasteiger charge is 2.29. The van der Waals surface area contributed by atoms with Crippen LogP contribution in [0.1, 0.15) is 49.0 Å². The van der Waals surface area contributed by atoms with Gasteiger partial charge in [-0.05, 0) is 25.7 Å². The van der Waals surface area contributed by atoms with Crippen LogP contribution in [0.3, 0.4) is 0 Å². The van der Waals surface area contributed by atoms with Gasteiger partial charge >= 0.3 is 0 Å². The molecule has 0 saturated carbocycles. The number of hydrogen-bond donors (Lipinski definition) is 1. The Balaban J connectivity index is 1.81. The van der Waals surface area contributed by atoms with E-state index in [0.717, 1.165) is 30.9 Å². The van der Waals surface area contributed by atoms with Crippen LogP contribution in [-0.4, -0.2) is 41.2 Å². The fraction of sp³-hybridized carbons (Fsp3) is 0.769. The van der Waals surface area contributed by atoms with Crippen LogP contribution in [0.2, 0.25) is 0 Å².